The van der Waals surface area contributed by atoms with Crippen molar-refractivity contribution in [3.05, 3.63) is 48.3 Å². The number of benzene rings is 1. The highest BCUT2D eigenvalue weighted by Crippen LogP contribution is 2.21. The van der Waals surface area contributed by atoms with Gasteiger partial charge < -0.3 is 10.4 Å². The van der Waals surface area contributed by atoms with E-state index in [1.54, 1.807) is 12.1 Å². The van der Waals surface area contributed by atoms with E-state index in [1.807, 2.05) is 0 Å². The Hall–Kier alpha value is -2.41. The first-order valence-corrected chi connectivity index (χ1v) is 7.51. The number of aromatic carboxylic acids is 1. The minimum Gasteiger partial charge on any atom is -0.478 e. The molecule has 0 aliphatic heterocycles. The first-order valence-electron chi connectivity index (χ1n) is 5.62. The van der Waals surface area contributed by atoms with Gasteiger partial charge in [0.25, 0.3) is 0 Å². The fourth-order valence-corrected chi connectivity index (χ4v) is 2.25. The molecule has 0 aliphatic carbocycles. The van der Waals surface area contributed by atoms with Gasteiger partial charge in [0.05, 0.1) is 10.6 Å². The lowest BCUT2D eigenvalue weighted by Gasteiger charge is -2.09. The zero-order chi connectivity index (χ0) is 14.8. The molecule has 0 unspecified atom stereocenters. The van der Waals surface area contributed by atoms with Gasteiger partial charge in [-0.15, -0.1) is 0 Å². The molecule has 0 aliphatic rings. The Labute approximate surface area is 116 Å². The average Bonchev–Trinajstić information content (AvgIpc) is 2.38. The molecule has 1 heterocycles. The summed E-state index contributed by atoms with van der Waals surface area (Å²) in [6, 6.07) is 7.59. The Balaban J connectivity index is 2.30. The molecule has 2 rings (SSSR count). The first kappa shape index (κ1) is 14.0. The molecule has 1 aromatic carbocycles. The number of sulfone groups is 1. The Morgan fingerprint density at radius 2 is 1.85 bits per heavy atom. The van der Waals surface area contributed by atoms with E-state index in [1.165, 1.54) is 30.6 Å². The van der Waals surface area contributed by atoms with Crippen molar-refractivity contribution >= 4 is 27.2 Å². The quantitative estimate of drug-likeness (QED) is 0.893. The highest BCUT2D eigenvalue weighted by molar-refractivity contribution is 7.90. The molecule has 2 N–H and O–H groups in total. The van der Waals surface area contributed by atoms with Crippen molar-refractivity contribution in [2.75, 3.05) is 11.6 Å². The second-order valence-electron chi connectivity index (χ2n) is 4.15. The molecule has 0 atom stereocenters. The average molecular weight is 292 g/mol. The van der Waals surface area contributed by atoms with Crippen molar-refractivity contribution in [3.63, 3.8) is 0 Å². The monoisotopic (exact) mass is 292 g/mol. The number of carboxylic acids is 1. The number of carbonyl (C=O) groups is 1. The molecule has 6 nitrogen and oxygen atoms in total. The van der Waals surface area contributed by atoms with E-state index < -0.39 is 15.8 Å². The largest absolute Gasteiger partial charge is 0.478 e. The van der Waals surface area contributed by atoms with Crippen LogP contribution in [0, 0.1) is 0 Å². The zero-order valence-electron chi connectivity index (χ0n) is 10.6. The van der Waals surface area contributed by atoms with Crippen LogP contribution in [0.5, 0.6) is 0 Å². The van der Waals surface area contributed by atoms with Gasteiger partial charge in [0.2, 0.25) is 0 Å². The molecule has 0 bridgehead atoms. The Morgan fingerprint density at radius 3 is 2.40 bits per heavy atom. The van der Waals surface area contributed by atoms with Crippen molar-refractivity contribution in [1.29, 1.82) is 0 Å². The molecule has 0 radical (unpaired) electrons. The normalized spacial score (nSPS) is 11.1. The third-order valence-corrected chi connectivity index (χ3v) is 3.74. The maximum Gasteiger partial charge on any atom is 0.339 e. The van der Waals surface area contributed by atoms with Crippen LogP contribution in [0.4, 0.5) is 11.4 Å². The maximum atomic E-state index is 11.3. The van der Waals surface area contributed by atoms with E-state index in [0.29, 0.717) is 11.4 Å². The third kappa shape index (κ3) is 3.12. The number of nitrogens with zero attached hydrogens (tertiary/aromatic N) is 1. The fourth-order valence-electron chi connectivity index (χ4n) is 1.61. The molecule has 20 heavy (non-hydrogen) atoms. The molecular formula is C13H12N2O4S. The molecule has 0 saturated heterocycles. The van der Waals surface area contributed by atoms with Crippen LogP contribution in [0.2, 0.25) is 0 Å². The van der Waals surface area contributed by atoms with Crippen LogP contribution >= 0.6 is 0 Å². The molecule has 0 amide bonds. The van der Waals surface area contributed by atoms with Gasteiger partial charge in [-0.3, -0.25) is 4.98 Å². The third-order valence-electron chi connectivity index (χ3n) is 2.61. The minimum atomic E-state index is -3.25. The van der Waals surface area contributed by atoms with Crippen LogP contribution in [-0.2, 0) is 9.84 Å². The van der Waals surface area contributed by atoms with E-state index in [-0.39, 0.29) is 10.5 Å². The molecule has 0 spiro atoms. The lowest BCUT2D eigenvalue weighted by molar-refractivity contribution is 0.0697. The summed E-state index contributed by atoms with van der Waals surface area (Å²) in [5.41, 5.74) is 1.02. The van der Waals surface area contributed by atoms with Gasteiger partial charge in [-0.25, -0.2) is 13.2 Å². The second-order valence-corrected chi connectivity index (χ2v) is 6.16. The van der Waals surface area contributed by atoms with Gasteiger partial charge in [-0.1, -0.05) is 0 Å². The minimum absolute atomic E-state index is 0.0414. The number of rotatable bonds is 4. The summed E-state index contributed by atoms with van der Waals surface area (Å²) in [5.74, 6) is -1.09. The van der Waals surface area contributed by atoms with Crippen LogP contribution in [0.1, 0.15) is 10.4 Å². The highest BCUT2D eigenvalue weighted by Gasteiger charge is 2.10. The molecule has 104 valence electrons. The summed E-state index contributed by atoms with van der Waals surface area (Å²) in [4.78, 5) is 15.0. The summed E-state index contributed by atoms with van der Waals surface area (Å²) >= 11 is 0. The van der Waals surface area contributed by atoms with Gasteiger partial charge in [-0.05, 0) is 30.3 Å². The van der Waals surface area contributed by atoms with Crippen LogP contribution in [-0.4, -0.2) is 30.7 Å². The standard InChI is InChI=1S/C13H12N2O4S/c1-20(18,19)10-4-2-9(3-5-10)15-12-6-7-14-8-11(12)13(16)17/h2-8H,1H3,(H,14,15)(H,16,17). The van der Waals surface area contributed by atoms with Crippen LogP contribution in [0.25, 0.3) is 0 Å². The Bertz CT molecular complexity index is 739. The van der Waals surface area contributed by atoms with Gasteiger partial charge in [0.1, 0.15) is 5.56 Å². The van der Waals surface area contributed by atoms with Crippen LogP contribution in [0.15, 0.2) is 47.6 Å². The van der Waals surface area contributed by atoms with E-state index in [0.717, 1.165) is 6.26 Å². The lowest BCUT2D eigenvalue weighted by Crippen LogP contribution is -2.03. The maximum absolute atomic E-state index is 11.3. The summed E-state index contributed by atoms with van der Waals surface area (Å²) in [7, 11) is -3.25. The number of hydrogen-bond acceptors (Lipinski definition) is 5. The van der Waals surface area contributed by atoms with E-state index in [9.17, 15) is 13.2 Å². The van der Waals surface area contributed by atoms with Crippen molar-refractivity contribution < 1.29 is 18.3 Å². The molecule has 0 saturated carbocycles. The smallest absolute Gasteiger partial charge is 0.339 e. The summed E-state index contributed by atoms with van der Waals surface area (Å²) < 4.78 is 22.7. The Kier molecular flexibility index (Phi) is 3.71. The highest BCUT2D eigenvalue weighted by atomic mass is 32.2. The number of nitrogens with one attached hydrogen (secondary N) is 1. The van der Waals surface area contributed by atoms with Gasteiger partial charge in [-0.2, -0.15) is 0 Å². The first-order chi connectivity index (χ1) is 9.38. The topological polar surface area (TPSA) is 96.4 Å². The lowest BCUT2D eigenvalue weighted by atomic mass is 10.2. The predicted octanol–water partition coefficient (Wildman–Crippen LogP) is 1.93. The van der Waals surface area contributed by atoms with Crippen LogP contribution < -0.4 is 5.32 Å². The second kappa shape index (κ2) is 5.30. The number of aromatic nitrogens is 1. The summed E-state index contributed by atoms with van der Waals surface area (Å²) in [6.45, 7) is 0. The number of pyridine rings is 1. The summed E-state index contributed by atoms with van der Waals surface area (Å²) in [6.07, 6.45) is 3.84. The molecule has 1 aromatic heterocycles. The predicted molar refractivity (Wildman–Crippen MR) is 74.0 cm³/mol. The van der Waals surface area contributed by atoms with Crippen molar-refractivity contribution in [3.8, 4) is 0 Å². The molecule has 0 fully saturated rings. The number of carboxylic acid groups (broad SMARTS) is 1. The molecule has 2 aromatic rings. The molecular weight excluding hydrogens is 280 g/mol. The molecule has 7 heteroatoms. The van der Waals surface area contributed by atoms with E-state index in [4.69, 9.17) is 5.11 Å². The van der Waals surface area contributed by atoms with Crippen molar-refractivity contribution in [1.82, 2.24) is 4.98 Å². The van der Waals surface area contributed by atoms with Crippen LogP contribution in [0.3, 0.4) is 0 Å². The number of anilines is 2. The summed E-state index contributed by atoms with van der Waals surface area (Å²) in [5, 5.41) is 12.0. The van der Waals surface area contributed by atoms with Crippen molar-refractivity contribution in [2.45, 2.75) is 4.90 Å². The number of hydrogen-bond donors (Lipinski definition) is 2. The SMILES string of the molecule is CS(=O)(=O)c1ccc(Nc2ccncc2C(=O)O)cc1. The van der Waals surface area contributed by atoms with Gasteiger partial charge in [0, 0.05) is 24.3 Å². The fraction of sp³-hybridized carbons (Fsp3) is 0.0769. The van der Waals surface area contributed by atoms with Crippen molar-refractivity contribution in [2.24, 2.45) is 0 Å². The Morgan fingerprint density at radius 1 is 1.20 bits per heavy atom. The van der Waals surface area contributed by atoms with E-state index in [2.05, 4.69) is 10.3 Å². The van der Waals surface area contributed by atoms with E-state index >= 15 is 0 Å². The zero-order valence-corrected chi connectivity index (χ0v) is 11.4. The van der Waals surface area contributed by atoms with Gasteiger partial charge in [0.15, 0.2) is 9.84 Å². The van der Waals surface area contributed by atoms with Gasteiger partial charge >= 0.3 is 5.97 Å².